The van der Waals surface area contributed by atoms with Crippen LogP contribution in [0.3, 0.4) is 0 Å². The molecule has 0 radical (unpaired) electrons. The monoisotopic (exact) mass is 357 g/mol. The minimum absolute atomic E-state index is 0.0901. The summed E-state index contributed by atoms with van der Waals surface area (Å²) < 4.78 is 0. The van der Waals surface area contributed by atoms with Gasteiger partial charge in [0, 0.05) is 26.9 Å². The number of hydrogen-bond donors (Lipinski definition) is 0. The lowest BCUT2D eigenvalue weighted by molar-refractivity contribution is 0.101. The van der Waals surface area contributed by atoms with E-state index in [2.05, 4.69) is 31.1 Å². The molecule has 0 saturated heterocycles. The molecule has 0 amide bonds. The first-order valence-electron chi connectivity index (χ1n) is 7.94. The number of ketones is 1. The molecule has 0 fully saturated rings. The third kappa shape index (κ3) is 3.59. The van der Waals surface area contributed by atoms with E-state index in [1.165, 1.54) is 15.4 Å². The second-order valence-corrected chi connectivity index (χ2v) is 7.74. The lowest BCUT2D eigenvalue weighted by atomic mass is 9.94. The molecule has 0 N–H and O–H groups in total. The smallest absolute Gasteiger partial charge is 0.159 e. The zero-order chi connectivity index (χ0) is 17.3. The van der Waals surface area contributed by atoms with Gasteiger partial charge in [-0.05, 0) is 74.5 Å². The normalized spacial score (nSPS) is 14.6. The molecular formula is C20H20ClNOS. The Hall–Kier alpha value is -1.55. The van der Waals surface area contributed by atoms with Crippen LogP contribution in [0.4, 0.5) is 0 Å². The summed E-state index contributed by atoms with van der Waals surface area (Å²) in [5.74, 6) is 0.0901. The fraction of sp³-hybridized carbons (Fsp3) is 0.250. The van der Waals surface area contributed by atoms with Crippen molar-refractivity contribution in [3.63, 3.8) is 0 Å². The molecular weight excluding hydrogens is 338 g/mol. The summed E-state index contributed by atoms with van der Waals surface area (Å²) in [6.07, 6.45) is 3.21. The molecule has 0 aromatic heterocycles. The molecule has 2 aromatic carbocycles. The van der Waals surface area contributed by atoms with Crippen molar-refractivity contribution < 1.29 is 4.79 Å². The van der Waals surface area contributed by atoms with Gasteiger partial charge in [0.05, 0.1) is 0 Å². The number of carbonyl (C=O) groups excluding carboxylic acids is 1. The summed E-state index contributed by atoms with van der Waals surface area (Å²) >= 11 is 7.97. The first-order chi connectivity index (χ1) is 11.5. The van der Waals surface area contributed by atoms with Crippen LogP contribution in [0, 0.1) is 0 Å². The third-order valence-electron chi connectivity index (χ3n) is 4.05. The number of rotatable bonds is 4. The first-order valence-corrected chi connectivity index (χ1v) is 9.13. The third-order valence-corrected chi connectivity index (χ3v) is 5.44. The maximum Gasteiger partial charge on any atom is 0.159 e. The van der Waals surface area contributed by atoms with Gasteiger partial charge in [0.25, 0.3) is 0 Å². The molecule has 0 aliphatic carbocycles. The van der Waals surface area contributed by atoms with Crippen LogP contribution in [0.2, 0.25) is 5.02 Å². The summed E-state index contributed by atoms with van der Waals surface area (Å²) in [5, 5.41) is 0.735. The second kappa shape index (κ2) is 7.14. The highest BCUT2D eigenvalue weighted by molar-refractivity contribution is 7.99. The number of fused-ring (bicyclic) bond motifs is 2. The van der Waals surface area contributed by atoms with E-state index in [9.17, 15) is 4.79 Å². The van der Waals surface area contributed by atoms with Gasteiger partial charge >= 0.3 is 0 Å². The molecule has 24 heavy (non-hydrogen) atoms. The van der Waals surface area contributed by atoms with Gasteiger partial charge in [-0.2, -0.15) is 0 Å². The van der Waals surface area contributed by atoms with Gasteiger partial charge in [0.15, 0.2) is 5.78 Å². The molecule has 0 unspecified atom stereocenters. The topological polar surface area (TPSA) is 20.3 Å². The average Bonchev–Trinajstić information content (AvgIpc) is 2.53. The Bertz CT molecular complexity index is 826. The van der Waals surface area contributed by atoms with Gasteiger partial charge in [-0.15, -0.1) is 0 Å². The number of halogens is 1. The summed E-state index contributed by atoms with van der Waals surface area (Å²) in [7, 11) is 4.14. The Morgan fingerprint density at radius 3 is 2.46 bits per heavy atom. The Balaban J connectivity index is 2.12. The molecule has 1 aliphatic heterocycles. The minimum atomic E-state index is 0.0901. The van der Waals surface area contributed by atoms with Gasteiger partial charge in [-0.1, -0.05) is 35.5 Å². The fourth-order valence-corrected chi connectivity index (χ4v) is 4.04. The van der Waals surface area contributed by atoms with Crippen molar-refractivity contribution in [1.82, 2.24) is 4.90 Å². The van der Waals surface area contributed by atoms with Crippen molar-refractivity contribution in [3.8, 4) is 0 Å². The largest absolute Gasteiger partial charge is 0.309 e. The quantitative estimate of drug-likeness (QED) is 0.584. The van der Waals surface area contributed by atoms with E-state index in [1.807, 2.05) is 30.3 Å². The number of benzene rings is 2. The molecule has 0 bridgehead atoms. The fourth-order valence-electron chi connectivity index (χ4n) is 2.80. The number of nitrogens with zero attached hydrogens (tertiary/aromatic N) is 1. The van der Waals surface area contributed by atoms with E-state index in [0.717, 1.165) is 34.7 Å². The van der Waals surface area contributed by atoms with Gasteiger partial charge in [0.2, 0.25) is 0 Å². The van der Waals surface area contributed by atoms with E-state index in [4.69, 9.17) is 11.6 Å². The van der Waals surface area contributed by atoms with Crippen molar-refractivity contribution in [2.75, 3.05) is 20.6 Å². The number of Topliss-reactive ketones (excluding diaryl/α,β-unsaturated/α-hetero) is 1. The Morgan fingerprint density at radius 1 is 1.12 bits per heavy atom. The van der Waals surface area contributed by atoms with Gasteiger partial charge in [-0.3, -0.25) is 4.79 Å². The first kappa shape index (κ1) is 17.3. The number of hydrogen-bond acceptors (Lipinski definition) is 3. The van der Waals surface area contributed by atoms with Crippen LogP contribution in [0.15, 0.2) is 52.3 Å². The van der Waals surface area contributed by atoms with Crippen LogP contribution >= 0.6 is 23.4 Å². The predicted molar refractivity (Wildman–Crippen MR) is 102 cm³/mol. The van der Waals surface area contributed by atoms with Crippen LogP contribution in [-0.2, 0) is 0 Å². The molecule has 4 heteroatoms. The molecule has 3 rings (SSSR count). The summed E-state index contributed by atoms with van der Waals surface area (Å²) in [5.41, 5.74) is 4.20. The van der Waals surface area contributed by atoms with Crippen LogP contribution in [-0.4, -0.2) is 31.3 Å². The minimum Gasteiger partial charge on any atom is -0.309 e. The Morgan fingerprint density at radius 2 is 1.79 bits per heavy atom. The van der Waals surface area contributed by atoms with E-state index in [1.54, 1.807) is 18.7 Å². The molecule has 2 aromatic rings. The highest BCUT2D eigenvalue weighted by Crippen LogP contribution is 2.46. The molecule has 124 valence electrons. The molecule has 0 spiro atoms. The maximum atomic E-state index is 11.8. The van der Waals surface area contributed by atoms with E-state index < -0.39 is 0 Å². The zero-order valence-corrected chi connectivity index (χ0v) is 15.7. The van der Waals surface area contributed by atoms with Crippen molar-refractivity contribution in [1.29, 1.82) is 0 Å². The van der Waals surface area contributed by atoms with Crippen LogP contribution in [0.25, 0.3) is 5.57 Å². The zero-order valence-electron chi connectivity index (χ0n) is 14.1. The van der Waals surface area contributed by atoms with Crippen molar-refractivity contribution >= 4 is 34.7 Å². The van der Waals surface area contributed by atoms with Crippen LogP contribution in [0.5, 0.6) is 0 Å². The van der Waals surface area contributed by atoms with Crippen molar-refractivity contribution in [2.24, 2.45) is 0 Å². The van der Waals surface area contributed by atoms with Gasteiger partial charge in [-0.25, -0.2) is 0 Å². The molecule has 0 saturated carbocycles. The van der Waals surface area contributed by atoms with Crippen LogP contribution < -0.4 is 0 Å². The molecule has 1 aliphatic rings. The maximum absolute atomic E-state index is 11.8. The predicted octanol–water partition coefficient (Wildman–Crippen LogP) is 5.39. The summed E-state index contributed by atoms with van der Waals surface area (Å²) in [6.45, 7) is 2.59. The van der Waals surface area contributed by atoms with E-state index in [-0.39, 0.29) is 5.78 Å². The summed E-state index contributed by atoms with van der Waals surface area (Å²) in [4.78, 5) is 16.3. The summed E-state index contributed by atoms with van der Waals surface area (Å²) in [6, 6.07) is 12.0. The molecule has 2 nitrogen and oxygen atoms in total. The van der Waals surface area contributed by atoms with E-state index >= 15 is 0 Å². The lowest BCUT2D eigenvalue weighted by Gasteiger charge is -2.23. The second-order valence-electron chi connectivity index (χ2n) is 6.22. The Labute approximate surface area is 152 Å². The van der Waals surface area contributed by atoms with E-state index in [0.29, 0.717) is 0 Å². The van der Waals surface area contributed by atoms with Gasteiger partial charge in [0.1, 0.15) is 0 Å². The standard InChI is InChI=1S/C20H20ClNOS/c1-13(23)14-6-8-19-17(11-14)16(5-4-10-22(2)3)18-12-15(21)7-9-20(18)24-19/h5-9,11-12H,4,10H2,1-3H3/b16-5+. The average molecular weight is 358 g/mol. The lowest BCUT2D eigenvalue weighted by Crippen LogP contribution is -2.12. The molecule has 1 heterocycles. The van der Waals surface area contributed by atoms with Gasteiger partial charge < -0.3 is 4.90 Å². The van der Waals surface area contributed by atoms with Crippen molar-refractivity contribution in [2.45, 2.75) is 23.1 Å². The Kier molecular flexibility index (Phi) is 5.14. The van der Waals surface area contributed by atoms with Crippen LogP contribution in [0.1, 0.15) is 34.8 Å². The number of carbonyl (C=O) groups is 1. The highest BCUT2D eigenvalue weighted by Gasteiger charge is 2.22. The molecule has 0 atom stereocenters. The highest BCUT2D eigenvalue weighted by atomic mass is 35.5. The van der Waals surface area contributed by atoms with Crippen molar-refractivity contribution in [3.05, 3.63) is 64.2 Å². The SMILES string of the molecule is CC(=O)c1ccc2c(c1)/C(=C\CCN(C)C)c1cc(Cl)ccc1S2.